The molecule has 0 radical (unpaired) electrons. The molecule has 0 bridgehead atoms. The van der Waals surface area contributed by atoms with Crippen molar-refractivity contribution in [3.05, 3.63) is 45.8 Å². The number of fused-ring (bicyclic) bond motifs is 2. The Labute approximate surface area is 122 Å². The van der Waals surface area contributed by atoms with Gasteiger partial charge in [0.2, 0.25) is 0 Å². The van der Waals surface area contributed by atoms with Crippen molar-refractivity contribution in [2.24, 2.45) is 0 Å². The Hall–Kier alpha value is -2.54. The SMILES string of the molecule is CC1=CC(C)(C)N(C)c2cc3oc(=O)c(C#N)cc3cc21. The van der Waals surface area contributed by atoms with Crippen molar-refractivity contribution in [2.75, 3.05) is 11.9 Å². The molecule has 0 fully saturated rings. The molecule has 4 nitrogen and oxygen atoms in total. The van der Waals surface area contributed by atoms with Crippen LogP contribution in [0.1, 0.15) is 31.9 Å². The van der Waals surface area contributed by atoms with E-state index in [0.29, 0.717) is 5.58 Å². The van der Waals surface area contributed by atoms with Crippen LogP contribution in [0.3, 0.4) is 0 Å². The van der Waals surface area contributed by atoms with Crippen LogP contribution in [0.4, 0.5) is 5.69 Å². The molecule has 0 spiro atoms. The first kappa shape index (κ1) is 13.4. The van der Waals surface area contributed by atoms with Crippen molar-refractivity contribution in [1.29, 1.82) is 5.26 Å². The predicted molar refractivity (Wildman–Crippen MR) is 83.3 cm³/mol. The zero-order chi connectivity index (χ0) is 15.4. The molecule has 0 saturated carbocycles. The zero-order valence-corrected chi connectivity index (χ0v) is 12.5. The van der Waals surface area contributed by atoms with E-state index in [1.54, 1.807) is 6.07 Å². The normalized spacial score (nSPS) is 16.3. The van der Waals surface area contributed by atoms with Crippen LogP contribution in [0, 0.1) is 11.3 Å². The molecule has 1 aromatic heterocycles. The van der Waals surface area contributed by atoms with E-state index in [-0.39, 0.29) is 11.1 Å². The highest BCUT2D eigenvalue weighted by Gasteiger charge is 2.29. The number of hydrogen-bond donors (Lipinski definition) is 0. The van der Waals surface area contributed by atoms with Crippen molar-refractivity contribution in [3.63, 3.8) is 0 Å². The number of likely N-dealkylation sites (N-methyl/N-ethyl adjacent to an activating group) is 1. The molecular weight excluding hydrogens is 264 g/mol. The third-order valence-corrected chi connectivity index (χ3v) is 4.19. The predicted octanol–water partition coefficient (Wildman–Crippen LogP) is 3.30. The molecule has 0 N–H and O–H groups in total. The Morgan fingerprint density at radius 3 is 2.67 bits per heavy atom. The first-order valence-electron chi connectivity index (χ1n) is 6.79. The van der Waals surface area contributed by atoms with E-state index in [2.05, 4.69) is 31.7 Å². The fourth-order valence-corrected chi connectivity index (χ4v) is 2.84. The van der Waals surface area contributed by atoms with Gasteiger partial charge in [0.25, 0.3) is 0 Å². The first-order chi connectivity index (χ1) is 9.83. The number of nitriles is 1. The molecule has 3 rings (SSSR count). The quantitative estimate of drug-likeness (QED) is 0.695. The van der Waals surface area contributed by atoms with Crippen LogP contribution in [-0.2, 0) is 0 Å². The fourth-order valence-electron chi connectivity index (χ4n) is 2.84. The standard InChI is InChI=1S/C17H16N2O2/c1-10-8-17(2,3)19(4)14-7-15-11(6-13(10)14)5-12(9-18)16(20)21-15/h5-8H,1-4H3. The minimum atomic E-state index is -0.588. The van der Waals surface area contributed by atoms with Gasteiger partial charge in [-0.2, -0.15) is 5.26 Å². The molecule has 0 amide bonds. The summed E-state index contributed by atoms with van der Waals surface area (Å²) in [5.41, 5.74) is 3.17. The zero-order valence-electron chi connectivity index (χ0n) is 12.5. The maximum absolute atomic E-state index is 11.7. The Kier molecular flexibility index (Phi) is 2.70. The number of nitrogens with zero attached hydrogens (tertiary/aromatic N) is 2. The highest BCUT2D eigenvalue weighted by Crippen LogP contribution is 2.39. The summed E-state index contributed by atoms with van der Waals surface area (Å²) in [6.07, 6.45) is 2.21. The summed E-state index contributed by atoms with van der Waals surface area (Å²) in [5.74, 6) is 0. The fraction of sp³-hybridized carbons (Fsp3) is 0.294. The Balaban J connectivity index is 2.36. The average Bonchev–Trinajstić information content (AvgIpc) is 2.42. The van der Waals surface area contributed by atoms with Gasteiger partial charge in [0, 0.05) is 29.8 Å². The number of anilines is 1. The third kappa shape index (κ3) is 1.93. The van der Waals surface area contributed by atoms with Crippen LogP contribution in [0.2, 0.25) is 0 Å². The molecule has 106 valence electrons. The number of rotatable bonds is 0. The third-order valence-electron chi connectivity index (χ3n) is 4.19. The molecule has 2 heterocycles. The van der Waals surface area contributed by atoms with E-state index >= 15 is 0 Å². The maximum Gasteiger partial charge on any atom is 0.354 e. The summed E-state index contributed by atoms with van der Waals surface area (Å²) in [5, 5.41) is 9.72. The molecule has 21 heavy (non-hydrogen) atoms. The largest absolute Gasteiger partial charge is 0.422 e. The van der Waals surface area contributed by atoms with Gasteiger partial charge in [-0.05, 0) is 38.5 Å². The summed E-state index contributed by atoms with van der Waals surface area (Å²) < 4.78 is 5.28. The second kappa shape index (κ2) is 4.23. The van der Waals surface area contributed by atoms with E-state index < -0.39 is 5.63 Å². The second-order valence-electron chi connectivity index (χ2n) is 6.01. The van der Waals surface area contributed by atoms with Crippen LogP contribution in [0.15, 0.2) is 33.5 Å². The second-order valence-corrected chi connectivity index (χ2v) is 6.01. The lowest BCUT2D eigenvalue weighted by molar-refractivity contribution is 0.556. The molecule has 0 unspecified atom stereocenters. The van der Waals surface area contributed by atoms with Gasteiger partial charge in [0.1, 0.15) is 17.2 Å². The highest BCUT2D eigenvalue weighted by molar-refractivity contribution is 5.91. The Morgan fingerprint density at radius 1 is 1.29 bits per heavy atom. The molecule has 1 aromatic carbocycles. The van der Waals surface area contributed by atoms with Crippen LogP contribution in [0.25, 0.3) is 16.5 Å². The van der Waals surface area contributed by atoms with E-state index in [1.807, 2.05) is 25.2 Å². The minimum absolute atomic E-state index is 0.0357. The lowest BCUT2D eigenvalue weighted by atomic mass is 9.89. The summed E-state index contributed by atoms with van der Waals surface area (Å²) in [7, 11) is 2.02. The molecule has 1 aliphatic rings. The van der Waals surface area contributed by atoms with Gasteiger partial charge in [-0.25, -0.2) is 4.79 Å². The summed E-state index contributed by atoms with van der Waals surface area (Å²) in [4.78, 5) is 13.9. The van der Waals surface area contributed by atoms with Crippen molar-refractivity contribution in [2.45, 2.75) is 26.3 Å². The average molecular weight is 280 g/mol. The molecular formula is C17H16N2O2. The Bertz CT molecular complexity index is 882. The molecule has 2 aromatic rings. The van der Waals surface area contributed by atoms with Gasteiger partial charge in [0.15, 0.2) is 0 Å². The van der Waals surface area contributed by atoms with Gasteiger partial charge in [0.05, 0.1) is 5.54 Å². The number of benzene rings is 1. The topological polar surface area (TPSA) is 57.2 Å². The monoisotopic (exact) mass is 280 g/mol. The van der Waals surface area contributed by atoms with Crippen molar-refractivity contribution in [3.8, 4) is 6.07 Å². The van der Waals surface area contributed by atoms with Crippen molar-refractivity contribution < 1.29 is 4.42 Å². The highest BCUT2D eigenvalue weighted by atomic mass is 16.4. The molecule has 0 aliphatic carbocycles. The maximum atomic E-state index is 11.7. The molecule has 4 heteroatoms. The van der Waals surface area contributed by atoms with Gasteiger partial charge in [-0.15, -0.1) is 0 Å². The van der Waals surface area contributed by atoms with Crippen molar-refractivity contribution in [1.82, 2.24) is 0 Å². The van der Waals surface area contributed by atoms with Gasteiger partial charge < -0.3 is 9.32 Å². The summed E-state index contributed by atoms with van der Waals surface area (Å²) in [6.45, 7) is 6.35. The minimum Gasteiger partial charge on any atom is -0.422 e. The molecule has 0 saturated heterocycles. The van der Waals surface area contributed by atoms with E-state index in [4.69, 9.17) is 9.68 Å². The lowest BCUT2D eigenvalue weighted by Gasteiger charge is -2.40. The van der Waals surface area contributed by atoms with E-state index in [0.717, 1.165) is 16.6 Å². The molecule has 1 aliphatic heterocycles. The smallest absolute Gasteiger partial charge is 0.354 e. The number of hydrogen-bond acceptors (Lipinski definition) is 4. The van der Waals surface area contributed by atoms with Crippen LogP contribution >= 0.6 is 0 Å². The van der Waals surface area contributed by atoms with Crippen LogP contribution in [-0.4, -0.2) is 12.6 Å². The van der Waals surface area contributed by atoms with Gasteiger partial charge >= 0.3 is 5.63 Å². The molecule has 0 atom stereocenters. The summed E-state index contributed by atoms with van der Waals surface area (Å²) >= 11 is 0. The Morgan fingerprint density at radius 2 is 2.00 bits per heavy atom. The number of allylic oxidation sites excluding steroid dienone is 1. The van der Waals surface area contributed by atoms with Gasteiger partial charge in [-0.3, -0.25) is 0 Å². The van der Waals surface area contributed by atoms with Crippen LogP contribution in [0.5, 0.6) is 0 Å². The van der Waals surface area contributed by atoms with E-state index in [1.165, 1.54) is 5.57 Å². The first-order valence-corrected chi connectivity index (χ1v) is 6.79. The van der Waals surface area contributed by atoms with Crippen LogP contribution < -0.4 is 10.5 Å². The summed E-state index contributed by atoms with van der Waals surface area (Å²) in [6, 6.07) is 7.32. The van der Waals surface area contributed by atoms with Crippen molar-refractivity contribution >= 4 is 22.2 Å². The van der Waals surface area contributed by atoms with Gasteiger partial charge in [-0.1, -0.05) is 6.08 Å². The van der Waals surface area contributed by atoms with E-state index in [9.17, 15) is 4.79 Å². The lowest BCUT2D eigenvalue weighted by Crippen LogP contribution is -2.42.